The highest BCUT2D eigenvalue weighted by Gasteiger charge is 2.27. The Morgan fingerprint density at radius 2 is 1.59 bits per heavy atom. The van der Waals surface area contributed by atoms with Crippen molar-refractivity contribution in [2.45, 2.75) is 70.9 Å². The Morgan fingerprint density at radius 1 is 1.03 bits per heavy atom. The maximum atomic E-state index is 11.6. The molecule has 0 fully saturated rings. The summed E-state index contributed by atoms with van der Waals surface area (Å²) in [6.07, 6.45) is 1.48. The fourth-order valence-corrected chi connectivity index (χ4v) is 5.79. The van der Waals surface area contributed by atoms with Gasteiger partial charge in [-0.3, -0.25) is 9.36 Å². The maximum Gasteiger partial charge on any atom is 0.185 e. The zero-order chi connectivity index (χ0) is 24.1. The molecule has 0 saturated carbocycles. The molecule has 2 rings (SSSR count). The van der Waals surface area contributed by atoms with E-state index in [1.807, 2.05) is 33.4 Å². The van der Waals surface area contributed by atoms with E-state index in [0.29, 0.717) is 41.4 Å². The average molecular weight is 704 g/mol. The highest BCUT2D eigenvalue weighted by atomic mass is 127. The summed E-state index contributed by atoms with van der Waals surface area (Å²) >= 11 is 4.17. The van der Waals surface area contributed by atoms with Crippen molar-refractivity contribution < 1.29 is 19.4 Å². The van der Waals surface area contributed by atoms with Crippen molar-refractivity contribution >= 4 is 67.6 Å². The molecule has 0 radical (unpaired) electrons. The SMILES string of the molecule is C[Si](C)(C)CCOCn1cc(I)nc1C(O)c1c(I)nc(C=O)n1COCC[Si](C)(C)C. The van der Waals surface area contributed by atoms with Crippen LogP contribution in [-0.2, 0) is 22.9 Å². The largest absolute Gasteiger partial charge is 0.379 e. The van der Waals surface area contributed by atoms with E-state index in [1.165, 1.54) is 0 Å². The number of rotatable bonds is 13. The van der Waals surface area contributed by atoms with Gasteiger partial charge in [-0.25, -0.2) is 9.97 Å². The lowest BCUT2D eigenvalue weighted by Gasteiger charge is -2.19. The van der Waals surface area contributed by atoms with Gasteiger partial charge in [-0.15, -0.1) is 0 Å². The minimum atomic E-state index is -1.23. The number of hydrogen-bond donors (Lipinski definition) is 1. The Balaban J connectivity index is 2.21. The van der Waals surface area contributed by atoms with E-state index in [0.717, 1.165) is 15.8 Å². The van der Waals surface area contributed by atoms with Gasteiger partial charge in [-0.2, -0.15) is 0 Å². The quantitative estimate of drug-likeness (QED) is 0.140. The summed E-state index contributed by atoms with van der Waals surface area (Å²) in [4.78, 5) is 20.5. The summed E-state index contributed by atoms with van der Waals surface area (Å²) in [5.74, 6) is 0.691. The summed E-state index contributed by atoms with van der Waals surface area (Å²) in [5, 5.41) is 11.3. The summed E-state index contributed by atoms with van der Waals surface area (Å²) in [5.41, 5.74) is 0.506. The number of imidazole rings is 2. The second kappa shape index (κ2) is 12.0. The van der Waals surface area contributed by atoms with Crippen molar-refractivity contribution in [2.75, 3.05) is 13.2 Å². The average Bonchev–Trinajstić information content (AvgIpc) is 3.19. The molecule has 2 heterocycles. The molecule has 1 N–H and O–H groups in total. The Labute approximate surface area is 219 Å². The first-order chi connectivity index (χ1) is 14.8. The predicted molar refractivity (Wildman–Crippen MR) is 148 cm³/mol. The van der Waals surface area contributed by atoms with Crippen LogP contribution in [0.15, 0.2) is 6.20 Å². The van der Waals surface area contributed by atoms with Crippen LogP contribution >= 0.6 is 45.2 Å². The van der Waals surface area contributed by atoms with Crippen LogP contribution in [0.2, 0.25) is 51.4 Å². The van der Waals surface area contributed by atoms with Gasteiger partial charge >= 0.3 is 0 Å². The van der Waals surface area contributed by atoms with Crippen molar-refractivity contribution in [2.24, 2.45) is 0 Å². The number of aromatic nitrogens is 4. The van der Waals surface area contributed by atoms with Gasteiger partial charge in [0, 0.05) is 35.6 Å². The second-order valence-electron chi connectivity index (χ2n) is 10.2. The molecule has 0 amide bonds. The number of halogens is 2. The predicted octanol–water partition coefficient (Wildman–Crippen LogP) is 4.81. The van der Waals surface area contributed by atoms with Crippen LogP contribution < -0.4 is 0 Å². The monoisotopic (exact) mass is 704 g/mol. The van der Waals surface area contributed by atoms with Crippen molar-refractivity contribution in [3.05, 3.63) is 30.9 Å². The summed E-state index contributed by atoms with van der Waals surface area (Å²) in [6, 6.07) is 2.09. The second-order valence-corrected chi connectivity index (χ2v) is 23.6. The van der Waals surface area contributed by atoms with E-state index >= 15 is 0 Å². The number of aliphatic hydroxyl groups is 1. The van der Waals surface area contributed by atoms with Gasteiger partial charge < -0.3 is 19.1 Å². The molecule has 0 aromatic carbocycles. The number of ether oxygens (including phenoxy) is 2. The van der Waals surface area contributed by atoms with E-state index in [-0.39, 0.29) is 12.6 Å². The fraction of sp³-hybridized carbons (Fsp3) is 0.650. The Kier molecular flexibility index (Phi) is 10.6. The Hall–Kier alpha value is -0.136. The van der Waals surface area contributed by atoms with Crippen LogP contribution in [0.25, 0.3) is 0 Å². The molecule has 1 atom stereocenters. The molecule has 0 saturated heterocycles. The third-order valence-corrected chi connectivity index (χ3v) is 9.54. The van der Waals surface area contributed by atoms with E-state index in [9.17, 15) is 9.90 Å². The van der Waals surface area contributed by atoms with Gasteiger partial charge in [0.25, 0.3) is 0 Å². The molecule has 8 nitrogen and oxygen atoms in total. The number of aldehydes is 1. The summed E-state index contributed by atoms with van der Waals surface area (Å²) < 4.78 is 16.5. The molecule has 2 aromatic heterocycles. The third kappa shape index (κ3) is 8.58. The van der Waals surface area contributed by atoms with Crippen molar-refractivity contribution in [3.63, 3.8) is 0 Å². The normalized spacial score (nSPS) is 13.5. The maximum absolute atomic E-state index is 11.6. The van der Waals surface area contributed by atoms with Gasteiger partial charge in [0.05, 0.1) is 5.69 Å². The first kappa shape index (κ1) is 28.1. The minimum absolute atomic E-state index is 0.158. The van der Waals surface area contributed by atoms with E-state index < -0.39 is 22.3 Å². The van der Waals surface area contributed by atoms with Crippen LogP contribution in [0.3, 0.4) is 0 Å². The van der Waals surface area contributed by atoms with Crippen LogP contribution in [0, 0.1) is 7.40 Å². The lowest BCUT2D eigenvalue weighted by Crippen LogP contribution is -2.23. The first-order valence-electron chi connectivity index (χ1n) is 10.6. The number of aliphatic hydroxyl groups excluding tert-OH is 1. The van der Waals surface area contributed by atoms with E-state index in [2.05, 4.69) is 71.8 Å². The first-order valence-corrected chi connectivity index (χ1v) is 20.2. The van der Waals surface area contributed by atoms with Gasteiger partial charge in [0.15, 0.2) is 18.2 Å². The molecule has 0 bridgehead atoms. The molecule has 0 aliphatic carbocycles. The summed E-state index contributed by atoms with van der Waals surface area (Å²) in [6.45, 7) is 15.5. The Bertz CT molecular complexity index is 907. The molecular weight excluding hydrogens is 670 g/mol. The fourth-order valence-electron chi connectivity index (χ4n) is 2.86. The zero-order valence-electron chi connectivity index (χ0n) is 19.7. The van der Waals surface area contributed by atoms with Crippen LogP contribution in [-0.4, -0.2) is 59.9 Å². The molecule has 0 aliphatic heterocycles. The number of carbonyl (C=O) groups is 1. The topological polar surface area (TPSA) is 91.4 Å². The van der Waals surface area contributed by atoms with Crippen LogP contribution in [0.1, 0.15) is 28.2 Å². The van der Waals surface area contributed by atoms with Crippen molar-refractivity contribution in [1.29, 1.82) is 0 Å². The Morgan fingerprint density at radius 3 is 2.12 bits per heavy atom. The lowest BCUT2D eigenvalue weighted by atomic mass is 10.2. The highest BCUT2D eigenvalue weighted by molar-refractivity contribution is 14.1. The number of hydrogen-bond acceptors (Lipinski definition) is 6. The highest BCUT2D eigenvalue weighted by Crippen LogP contribution is 2.28. The zero-order valence-corrected chi connectivity index (χ0v) is 26.0. The van der Waals surface area contributed by atoms with Gasteiger partial charge in [-0.05, 0) is 57.3 Å². The lowest BCUT2D eigenvalue weighted by molar-refractivity contribution is 0.0689. The third-order valence-electron chi connectivity index (χ3n) is 4.82. The molecule has 0 spiro atoms. The van der Waals surface area contributed by atoms with Crippen molar-refractivity contribution in [1.82, 2.24) is 19.1 Å². The summed E-state index contributed by atoms with van der Waals surface area (Å²) in [7, 11) is -2.41. The van der Waals surface area contributed by atoms with E-state index in [1.54, 1.807) is 4.57 Å². The molecule has 180 valence electrons. The van der Waals surface area contributed by atoms with Gasteiger partial charge in [0.1, 0.15) is 26.7 Å². The molecule has 1 unspecified atom stereocenters. The minimum Gasteiger partial charge on any atom is -0.379 e. The molecule has 12 heteroatoms. The standard InChI is InChI=1S/C20H34I2N4O4Si2/c1-31(2,3)9-7-29-13-25-11-15(21)23-20(25)18(28)17-19(22)24-16(12-27)26(17)14-30-8-10-32(4,5)6/h11-12,18,28H,7-10,13-14H2,1-6H3. The van der Waals surface area contributed by atoms with Crippen LogP contribution in [0.5, 0.6) is 0 Å². The molecule has 0 aliphatic rings. The smallest absolute Gasteiger partial charge is 0.185 e. The molecule has 2 aromatic rings. The van der Waals surface area contributed by atoms with E-state index in [4.69, 9.17) is 9.47 Å². The number of nitrogens with zero attached hydrogens (tertiary/aromatic N) is 4. The molecular formula is C20H34I2N4O4Si2. The van der Waals surface area contributed by atoms with Crippen LogP contribution in [0.4, 0.5) is 0 Å². The van der Waals surface area contributed by atoms with Crippen molar-refractivity contribution in [3.8, 4) is 0 Å². The van der Waals surface area contributed by atoms with Gasteiger partial charge in [0.2, 0.25) is 0 Å². The number of carbonyl (C=O) groups excluding carboxylic acids is 1. The van der Waals surface area contributed by atoms with Gasteiger partial charge in [-0.1, -0.05) is 39.3 Å². The molecule has 32 heavy (non-hydrogen) atoms.